The van der Waals surface area contributed by atoms with E-state index in [4.69, 9.17) is 5.73 Å². The summed E-state index contributed by atoms with van der Waals surface area (Å²) in [6, 6.07) is 7.95. The molecule has 1 amide bonds. The van der Waals surface area contributed by atoms with Crippen LogP contribution in [0.5, 0.6) is 0 Å². The average Bonchev–Trinajstić information content (AvgIpc) is 2.93. The zero-order valence-corrected chi connectivity index (χ0v) is 13.7. The zero-order chi connectivity index (χ0) is 17.3. The molecule has 0 aliphatic rings. The second kappa shape index (κ2) is 6.42. The Bertz CT molecular complexity index is 963. The van der Waals surface area contributed by atoms with Gasteiger partial charge in [0.2, 0.25) is 5.56 Å². The maximum absolute atomic E-state index is 12.3. The molecule has 2 heterocycles. The molecular weight excluding hydrogens is 328 g/mol. The minimum atomic E-state index is -0.994. The second-order valence-electron chi connectivity index (χ2n) is 5.39. The molecule has 0 fully saturated rings. The number of pyridine rings is 1. The van der Waals surface area contributed by atoms with Crippen molar-refractivity contribution >= 4 is 32.6 Å². The third-order valence-electron chi connectivity index (χ3n) is 3.57. The first-order chi connectivity index (χ1) is 11.4. The van der Waals surface area contributed by atoms with E-state index in [2.05, 4.69) is 15.3 Å². The van der Waals surface area contributed by atoms with Crippen molar-refractivity contribution in [1.29, 1.82) is 0 Å². The predicted molar refractivity (Wildman–Crippen MR) is 93.1 cm³/mol. The van der Waals surface area contributed by atoms with Gasteiger partial charge in [-0.15, -0.1) is 0 Å². The van der Waals surface area contributed by atoms with E-state index >= 15 is 0 Å². The highest BCUT2D eigenvalue weighted by Crippen LogP contribution is 2.27. The number of hydrogen-bond acceptors (Lipinski definition) is 6. The fourth-order valence-corrected chi connectivity index (χ4v) is 3.26. The number of carbonyl (C=O) groups excluding carboxylic acids is 1. The largest absolute Gasteiger partial charge is 0.385 e. The highest BCUT2D eigenvalue weighted by atomic mass is 32.1. The molecule has 8 heteroatoms. The van der Waals surface area contributed by atoms with Gasteiger partial charge in [0.25, 0.3) is 5.91 Å². The molecule has 124 valence electrons. The molecule has 0 radical (unpaired) electrons. The number of aromatic amines is 1. The topological polar surface area (TPSA) is 121 Å². The summed E-state index contributed by atoms with van der Waals surface area (Å²) in [5.41, 5.74) is 7.87. The van der Waals surface area contributed by atoms with Crippen molar-refractivity contribution in [2.75, 3.05) is 12.3 Å². The Kier molecular flexibility index (Phi) is 4.32. The maximum atomic E-state index is 12.3. The number of fused-ring (bicyclic) bond motifs is 1. The van der Waals surface area contributed by atoms with Crippen LogP contribution in [-0.2, 0) is 0 Å². The van der Waals surface area contributed by atoms with Crippen molar-refractivity contribution in [1.82, 2.24) is 15.3 Å². The summed E-state index contributed by atoms with van der Waals surface area (Å²) in [4.78, 5) is 30.3. The highest BCUT2D eigenvalue weighted by Gasteiger charge is 2.14. The van der Waals surface area contributed by atoms with Crippen molar-refractivity contribution in [3.8, 4) is 0 Å². The van der Waals surface area contributed by atoms with Crippen LogP contribution < -0.4 is 16.6 Å². The van der Waals surface area contributed by atoms with E-state index < -0.39 is 6.10 Å². The molecule has 1 aromatic carbocycles. The van der Waals surface area contributed by atoms with Crippen molar-refractivity contribution in [3.63, 3.8) is 0 Å². The first-order valence-corrected chi connectivity index (χ1v) is 8.08. The van der Waals surface area contributed by atoms with Gasteiger partial charge in [0, 0.05) is 23.9 Å². The molecule has 1 unspecified atom stereocenters. The van der Waals surface area contributed by atoms with Crippen molar-refractivity contribution in [2.24, 2.45) is 0 Å². The minimum absolute atomic E-state index is 0.0132. The molecule has 0 aliphatic heterocycles. The Balaban J connectivity index is 1.74. The molecular formula is C16H16N4O3S. The monoisotopic (exact) mass is 344 g/mol. The fraction of sp³-hybridized carbons (Fsp3) is 0.188. The summed E-state index contributed by atoms with van der Waals surface area (Å²) in [6.07, 6.45) is -0.994. The molecule has 0 saturated carbocycles. The lowest BCUT2D eigenvalue weighted by Crippen LogP contribution is -2.29. The number of aromatic nitrogens is 2. The lowest BCUT2D eigenvalue weighted by atomic mass is 10.1. The number of nitrogens with two attached hydrogens (primary N) is 1. The summed E-state index contributed by atoms with van der Waals surface area (Å²) in [7, 11) is 0. The smallest absolute Gasteiger partial charge is 0.251 e. The van der Waals surface area contributed by atoms with E-state index in [1.54, 1.807) is 24.3 Å². The highest BCUT2D eigenvalue weighted by molar-refractivity contribution is 7.22. The number of rotatable bonds is 4. The van der Waals surface area contributed by atoms with Crippen LogP contribution in [0.15, 0.2) is 35.1 Å². The number of carbonyl (C=O) groups is 1. The van der Waals surface area contributed by atoms with Crippen LogP contribution >= 0.6 is 11.3 Å². The molecule has 2 aromatic heterocycles. The van der Waals surface area contributed by atoms with Gasteiger partial charge in [-0.05, 0) is 30.7 Å². The molecule has 3 aromatic rings. The first-order valence-electron chi connectivity index (χ1n) is 7.26. The van der Waals surface area contributed by atoms with Gasteiger partial charge in [-0.1, -0.05) is 17.4 Å². The standard InChI is InChI=1S/C16H16N4O3S/c1-8-5-9(6-12-14(8)20-16(17)24-12)15(23)18-7-11(21)10-3-2-4-13(22)19-10/h2-6,11,21H,7H2,1H3,(H2,17,20)(H,18,23)(H,19,22). The quantitative estimate of drug-likeness (QED) is 0.569. The van der Waals surface area contributed by atoms with Crippen molar-refractivity contribution in [3.05, 3.63) is 57.5 Å². The lowest BCUT2D eigenvalue weighted by molar-refractivity contribution is 0.0914. The Morgan fingerprint density at radius 2 is 2.25 bits per heavy atom. The van der Waals surface area contributed by atoms with Gasteiger partial charge < -0.3 is 21.1 Å². The van der Waals surface area contributed by atoms with Crippen LogP contribution in [0.4, 0.5) is 5.13 Å². The third-order valence-corrected chi connectivity index (χ3v) is 4.40. The summed E-state index contributed by atoms with van der Waals surface area (Å²) in [5, 5.41) is 13.2. The van der Waals surface area contributed by atoms with Gasteiger partial charge in [-0.2, -0.15) is 0 Å². The molecule has 0 spiro atoms. The van der Waals surface area contributed by atoms with Gasteiger partial charge in [0.15, 0.2) is 5.13 Å². The molecule has 7 nitrogen and oxygen atoms in total. The van der Waals surface area contributed by atoms with Crippen molar-refractivity contribution in [2.45, 2.75) is 13.0 Å². The third kappa shape index (κ3) is 3.29. The first kappa shape index (κ1) is 16.2. The van der Waals surface area contributed by atoms with Crippen LogP contribution in [0.25, 0.3) is 10.2 Å². The molecule has 5 N–H and O–H groups in total. The SMILES string of the molecule is Cc1cc(C(=O)NCC(O)c2cccc(=O)[nH]2)cc2sc(N)nc12. The molecule has 3 rings (SSSR count). The fourth-order valence-electron chi connectivity index (χ4n) is 2.41. The van der Waals surface area contributed by atoms with Gasteiger partial charge in [-0.3, -0.25) is 9.59 Å². The van der Waals surface area contributed by atoms with E-state index in [9.17, 15) is 14.7 Å². The van der Waals surface area contributed by atoms with Crippen LogP contribution in [-0.4, -0.2) is 27.5 Å². The predicted octanol–water partition coefficient (Wildman–Crippen LogP) is 1.34. The zero-order valence-electron chi connectivity index (χ0n) is 12.9. The summed E-state index contributed by atoms with van der Waals surface area (Å²) >= 11 is 1.32. The van der Waals surface area contributed by atoms with Crippen LogP contribution in [0.2, 0.25) is 0 Å². The molecule has 24 heavy (non-hydrogen) atoms. The normalized spacial score (nSPS) is 12.2. The maximum Gasteiger partial charge on any atom is 0.251 e. The Morgan fingerprint density at radius 1 is 1.46 bits per heavy atom. The number of H-pyrrole nitrogens is 1. The van der Waals surface area contributed by atoms with E-state index in [1.165, 1.54) is 17.4 Å². The molecule has 0 aliphatic carbocycles. The van der Waals surface area contributed by atoms with Gasteiger partial charge >= 0.3 is 0 Å². The number of aliphatic hydroxyl groups excluding tert-OH is 1. The Hall–Kier alpha value is -2.71. The molecule has 1 atom stereocenters. The molecule has 0 saturated heterocycles. The number of benzene rings is 1. The summed E-state index contributed by atoms with van der Waals surface area (Å²) in [5.74, 6) is -0.315. The van der Waals surface area contributed by atoms with E-state index in [0.717, 1.165) is 15.8 Å². The number of anilines is 1. The summed E-state index contributed by atoms with van der Waals surface area (Å²) < 4.78 is 0.839. The van der Waals surface area contributed by atoms with Crippen LogP contribution in [0.3, 0.4) is 0 Å². The van der Waals surface area contributed by atoms with Gasteiger partial charge in [0.05, 0.1) is 10.2 Å². The van der Waals surface area contributed by atoms with Gasteiger partial charge in [-0.25, -0.2) is 4.98 Å². The van der Waals surface area contributed by atoms with E-state index in [0.29, 0.717) is 16.4 Å². The number of amides is 1. The number of aryl methyl sites for hydroxylation is 1. The van der Waals surface area contributed by atoms with Gasteiger partial charge in [0.1, 0.15) is 6.10 Å². The number of nitrogen functional groups attached to an aromatic ring is 1. The average molecular weight is 344 g/mol. The number of hydrogen-bond donors (Lipinski definition) is 4. The number of nitrogens with zero attached hydrogens (tertiary/aromatic N) is 1. The lowest BCUT2D eigenvalue weighted by Gasteiger charge is -2.12. The number of aliphatic hydroxyl groups is 1. The number of nitrogens with one attached hydrogen (secondary N) is 2. The van der Waals surface area contributed by atoms with Crippen LogP contribution in [0.1, 0.15) is 27.7 Å². The van der Waals surface area contributed by atoms with Crippen molar-refractivity contribution < 1.29 is 9.90 Å². The minimum Gasteiger partial charge on any atom is -0.385 e. The summed E-state index contributed by atoms with van der Waals surface area (Å²) in [6.45, 7) is 1.85. The Labute approximate surface area is 141 Å². The Morgan fingerprint density at radius 3 is 3.00 bits per heavy atom. The molecule has 0 bridgehead atoms. The van der Waals surface area contributed by atoms with Crippen LogP contribution in [0, 0.1) is 6.92 Å². The second-order valence-corrected chi connectivity index (χ2v) is 6.45. The van der Waals surface area contributed by atoms with E-state index in [1.807, 2.05) is 6.92 Å². The van der Waals surface area contributed by atoms with E-state index in [-0.39, 0.29) is 18.0 Å². The number of thiazole rings is 1.